The van der Waals surface area contributed by atoms with E-state index in [1.807, 2.05) is 19.1 Å². The summed E-state index contributed by atoms with van der Waals surface area (Å²) in [7, 11) is 3.23. The van der Waals surface area contributed by atoms with Crippen molar-refractivity contribution in [3.05, 3.63) is 47.4 Å². The minimum absolute atomic E-state index is 0.155. The lowest BCUT2D eigenvalue weighted by atomic mass is 10.0. The highest BCUT2D eigenvalue weighted by Gasteiger charge is 2.16. The van der Waals surface area contributed by atoms with Crippen LogP contribution < -0.4 is 20.7 Å². The number of benzene rings is 1. The Bertz CT molecular complexity index is 604. The lowest BCUT2D eigenvalue weighted by molar-refractivity contribution is 0.392. The molecule has 6 heteroatoms. The first kappa shape index (κ1) is 15.2. The van der Waals surface area contributed by atoms with E-state index in [0.29, 0.717) is 12.3 Å². The first-order chi connectivity index (χ1) is 10.2. The van der Waals surface area contributed by atoms with Gasteiger partial charge in [-0.3, -0.25) is 11.3 Å². The van der Waals surface area contributed by atoms with E-state index in [9.17, 15) is 0 Å². The number of hydrazine groups is 1. The second kappa shape index (κ2) is 7.01. The summed E-state index contributed by atoms with van der Waals surface area (Å²) in [6, 6.07) is 7.67. The molecule has 0 saturated carbocycles. The first-order valence-electron chi connectivity index (χ1n) is 6.63. The molecule has 0 aliphatic heterocycles. The van der Waals surface area contributed by atoms with Gasteiger partial charge in [0.25, 0.3) is 0 Å². The van der Waals surface area contributed by atoms with Gasteiger partial charge in [0.05, 0.1) is 26.0 Å². The van der Waals surface area contributed by atoms with Crippen LogP contribution in [0.2, 0.25) is 0 Å². The van der Waals surface area contributed by atoms with Crippen molar-refractivity contribution in [3.63, 3.8) is 0 Å². The van der Waals surface area contributed by atoms with Gasteiger partial charge >= 0.3 is 0 Å². The van der Waals surface area contributed by atoms with Crippen LogP contribution in [-0.2, 0) is 6.42 Å². The summed E-state index contributed by atoms with van der Waals surface area (Å²) in [5.74, 6) is 7.03. The van der Waals surface area contributed by atoms with Crippen LogP contribution in [0, 0.1) is 6.92 Å². The minimum atomic E-state index is -0.155. The summed E-state index contributed by atoms with van der Waals surface area (Å²) in [6.07, 6.45) is 2.12. The zero-order valence-electron chi connectivity index (χ0n) is 12.5. The van der Waals surface area contributed by atoms with Crippen molar-refractivity contribution in [3.8, 4) is 11.6 Å². The van der Waals surface area contributed by atoms with Crippen LogP contribution in [-0.4, -0.2) is 24.2 Å². The molecule has 1 heterocycles. The maximum absolute atomic E-state index is 5.68. The Hall–Kier alpha value is -2.18. The molecular formula is C15H20N4O2. The van der Waals surface area contributed by atoms with E-state index in [4.69, 9.17) is 15.3 Å². The fourth-order valence-corrected chi connectivity index (χ4v) is 2.19. The Labute approximate surface area is 124 Å². The Morgan fingerprint density at radius 2 is 2.00 bits per heavy atom. The van der Waals surface area contributed by atoms with Crippen molar-refractivity contribution in [2.24, 2.45) is 5.84 Å². The molecule has 6 nitrogen and oxygen atoms in total. The van der Waals surface area contributed by atoms with Gasteiger partial charge in [-0.1, -0.05) is 17.7 Å². The average Bonchev–Trinajstić information content (AvgIpc) is 2.52. The third kappa shape index (κ3) is 3.68. The molecule has 0 amide bonds. The van der Waals surface area contributed by atoms with Gasteiger partial charge in [-0.05, 0) is 25.0 Å². The van der Waals surface area contributed by atoms with Gasteiger partial charge in [0.15, 0.2) is 0 Å². The minimum Gasteiger partial charge on any atom is -0.496 e. The normalized spacial score (nSPS) is 12.0. The van der Waals surface area contributed by atoms with Crippen molar-refractivity contribution >= 4 is 0 Å². The molecule has 0 bridgehead atoms. The van der Waals surface area contributed by atoms with Gasteiger partial charge < -0.3 is 9.47 Å². The fourth-order valence-electron chi connectivity index (χ4n) is 2.19. The molecule has 0 spiro atoms. The van der Waals surface area contributed by atoms with Gasteiger partial charge in [-0.2, -0.15) is 0 Å². The average molecular weight is 288 g/mol. The molecule has 0 saturated heterocycles. The van der Waals surface area contributed by atoms with Crippen molar-refractivity contribution in [1.82, 2.24) is 15.4 Å². The molecule has 21 heavy (non-hydrogen) atoms. The molecule has 3 N–H and O–H groups in total. The number of hydrogen-bond acceptors (Lipinski definition) is 6. The number of methoxy groups -OCH3 is 2. The third-order valence-corrected chi connectivity index (χ3v) is 3.29. The summed E-state index contributed by atoms with van der Waals surface area (Å²) in [5, 5.41) is 0. The molecule has 1 unspecified atom stereocenters. The molecule has 2 rings (SSSR count). The molecule has 2 aromatic rings. The van der Waals surface area contributed by atoms with Gasteiger partial charge in [-0.25, -0.2) is 9.97 Å². The molecule has 0 fully saturated rings. The number of ether oxygens (including phenoxy) is 2. The summed E-state index contributed by atoms with van der Waals surface area (Å²) >= 11 is 0. The molecule has 0 aliphatic rings. The second-order valence-electron chi connectivity index (χ2n) is 4.72. The summed E-state index contributed by atoms with van der Waals surface area (Å²) < 4.78 is 10.5. The number of rotatable bonds is 6. The number of nitrogens with one attached hydrogen (secondary N) is 1. The van der Waals surface area contributed by atoms with E-state index >= 15 is 0 Å². The Morgan fingerprint density at radius 3 is 2.67 bits per heavy atom. The zero-order valence-corrected chi connectivity index (χ0v) is 12.5. The number of aryl methyl sites for hydroxylation is 1. The van der Waals surface area contributed by atoms with E-state index in [1.54, 1.807) is 20.3 Å². The van der Waals surface area contributed by atoms with Crippen LogP contribution >= 0.6 is 0 Å². The summed E-state index contributed by atoms with van der Waals surface area (Å²) in [5.41, 5.74) is 5.79. The van der Waals surface area contributed by atoms with Crippen LogP contribution in [0.1, 0.15) is 22.9 Å². The number of nitrogens with zero attached hydrogens (tertiary/aromatic N) is 2. The highest BCUT2D eigenvalue weighted by molar-refractivity contribution is 5.38. The lowest BCUT2D eigenvalue weighted by Crippen LogP contribution is -2.30. The predicted molar refractivity (Wildman–Crippen MR) is 80.1 cm³/mol. The number of nitrogens with two attached hydrogens (primary N) is 1. The van der Waals surface area contributed by atoms with Crippen LogP contribution in [0.5, 0.6) is 11.6 Å². The summed E-state index contributed by atoms with van der Waals surface area (Å²) in [4.78, 5) is 8.26. The Morgan fingerprint density at radius 1 is 1.19 bits per heavy atom. The Balaban J connectivity index is 2.28. The third-order valence-electron chi connectivity index (χ3n) is 3.29. The molecule has 1 atom stereocenters. The van der Waals surface area contributed by atoms with E-state index in [2.05, 4.69) is 21.5 Å². The standard InChI is InChI=1S/C15H20N4O2/c1-10-4-5-14(20-2)11(6-10)7-13(19-16)12-8-15(21-3)18-9-17-12/h4-6,8-9,13,19H,7,16H2,1-3H3. The summed E-state index contributed by atoms with van der Waals surface area (Å²) in [6.45, 7) is 2.04. The second-order valence-corrected chi connectivity index (χ2v) is 4.72. The molecule has 0 aliphatic carbocycles. The number of aromatic nitrogens is 2. The van der Waals surface area contributed by atoms with Crippen molar-refractivity contribution < 1.29 is 9.47 Å². The van der Waals surface area contributed by atoms with E-state index in [-0.39, 0.29) is 6.04 Å². The highest BCUT2D eigenvalue weighted by Crippen LogP contribution is 2.25. The largest absolute Gasteiger partial charge is 0.496 e. The quantitative estimate of drug-likeness (QED) is 0.620. The Kier molecular flexibility index (Phi) is 5.08. The fraction of sp³-hybridized carbons (Fsp3) is 0.333. The SMILES string of the molecule is COc1cc(C(Cc2cc(C)ccc2OC)NN)ncn1. The topological polar surface area (TPSA) is 82.3 Å². The van der Waals surface area contributed by atoms with Crippen LogP contribution in [0.3, 0.4) is 0 Å². The van der Waals surface area contributed by atoms with Crippen LogP contribution in [0.15, 0.2) is 30.6 Å². The molecule has 1 aromatic heterocycles. The first-order valence-corrected chi connectivity index (χ1v) is 6.63. The highest BCUT2D eigenvalue weighted by atomic mass is 16.5. The van der Waals surface area contributed by atoms with Crippen LogP contribution in [0.4, 0.5) is 0 Å². The molecule has 112 valence electrons. The number of hydrogen-bond donors (Lipinski definition) is 2. The maximum Gasteiger partial charge on any atom is 0.216 e. The predicted octanol–water partition coefficient (Wildman–Crippen LogP) is 1.55. The zero-order chi connectivity index (χ0) is 15.2. The van der Waals surface area contributed by atoms with Gasteiger partial charge in [0, 0.05) is 6.07 Å². The van der Waals surface area contributed by atoms with E-state index in [0.717, 1.165) is 17.0 Å². The molecular weight excluding hydrogens is 268 g/mol. The molecule has 1 aromatic carbocycles. The maximum atomic E-state index is 5.68. The van der Waals surface area contributed by atoms with Crippen LogP contribution in [0.25, 0.3) is 0 Å². The smallest absolute Gasteiger partial charge is 0.216 e. The van der Waals surface area contributed by atoms with Crippen molar-refractivity contribution in [2.45, 2.75) is 19.4 Å². The monoisotopic (exact) mass is 288 g/mol. The van der Waals surface area contributed by atoms with E-state index < -0.39 is 0 Å². The van der Waals surface area contributed by atoms with Gasteiger partial charge in [-0.15, -0.1) is 0 Å². The van der Waals surface area contributed by atoms with Crippen molar-refractivity contribution in [1.29, 1.82) is 0 Å². The lowest BCUT2D eigenvalue weighted by Gasteiger charge is -2.18. The van der Waals surface area contributed by atoms with Gasteiger partial charge in [0.1, 0.15) is 12.1 Å². The van der Waals surface area contributed by atoms with Crippen molar-refractivity contribution in [2.75, 3.05) is 14.2 Å². The van der Waals surface area contributed by atoms with E-state index in [1.165, 1.54) is 11.9 Å². The molecule has 0 radical (unpaired) electrons. The van der Waals surface area contributed by atoms with Gasteiger partial charge in [0.2, 0.25) is 5.88 Å².